The number of hydrogen-bond donors (Lipinski definition) is 2. The number of anilines is 2. The van der Waals surface area contributed by atoms with E-state index in [0.717, 1.165) is 57.6 Å². The molecule has 0 spiro atoms. The lowest BCUT2D eigenvalue weighted by Gasteiger charge is -2.17. The summed E-state index contributed by atoms with van der Waals surface area (Å²) in [6, 6.07) is 59.6. The van der Waals surface area contributed by atoms with Gasteiger partial charge in [-0.2, -0.15) is 0 Å². The molecule has 0 saturated heterocycles. The van der Waals surface area contributed by atoms with Crippen molar-refractivity contribution < 1.29 is 18.9 Å². The molecule has 266 valence electrons. The lowest BCUT2D eigenvalue weighted by Crippen LogP contribution is -1.94. The SMILES string of the molecule is Nc1ccc(Oc2ccc(Oc3ccc(-c4ccc5c(c4-c4ccc(Oc6ccc(Oc7ccc(N)cc7)cc6)cc4)Cc4ccccc4-5)cc3)cc2)cc1. The van der Waals surface area contributed by atoms with Gasteiger partial charge in [-0.1, -0.05) is 60.7 Å². The van der Waals surface area contributed by atoms with E-state index in [0.29, 0.717) is 22.9 Å². The van der Waals surface area contributed by atoms with Crippen molar-refractivity contribution in [3.8, 4) is 79.4 Å². The second-order valence-corrected chi connectivity index (χ2v) is 13.4. The molecule has 0 heterocycles. The molecular formula is C49H36N2O4. The highest BCUT2D eigenvalue weighted by atomic mass is 16.5. The minimum Gasteiger partial charge on any atom is -0.457 e. The highest BCUT2D eigenvalue weighted by Crippen LogP contribution is 2.46. The first-order valence-corrected chi connectivity index (χ1v) is 18.1. The summed E-state index contributed by atoms with van der Waals surface area (Å²) in [7, 11) is 0. The molecule has 0 aliphatic heterocycles. The minimum absolute atomic E-state index is 0.696. The second kappa shape index (κ2) is 14.5. The Hall–Kier alpha value is -7.44. The fourth-order valence-electron chi connectivity index (χ4n) is 6.94. The van der Waals surface area contributed by atoms with Crippen LogP contribution in [0, 0.1) is 0 Å². The van der Waals surface area contributed by atoms with Crippen LogP contribution in [0.4, 0.5) is 11.4 Å². The van der Waals surface area contributed by atoms with E-state index in [4.69, 9.17) is 30.4 Å². The minimum atomic E-state index is 0.696. The summed E-state index contributed by atoms with van der Waals surface area (Å²) in [6.07, 6.45) is 0.872. The first kappa shape index (κ1) is 33.4. The van der Waals surface area contributed by atoms with Crippen LogP contribution in [-0.4, -0.2) is 0 Å². The Kier molecular flexibility index (Phi) is 8.82. The summed E-state index contributed by atoms with van der Waals surface area (Å²) in [5.74, 6) is 5.82. The Bertz CT molecular complexity index is 2580. The van der Waals surface area contributed by atoms with Gasteiger partial charge in [-0.3, -0.25) is 0 Å². The van der Waals surface area contributed by atoms with Gasteiger partial charge in [0.25, 0.3) is 0 Å². The Morgan fingerprint density at radius 1 is 0.309 bits per heavy atom. The molecule has 6 heteroatoms. The zero-order valence-corrected chi connectivity index (χ0v) is 29.8. The lowest BCUT2D eigenvalue weighted by molar-refractivity contribution is 0.469. The van der Waals surface area contributed by atoms with E-state index in [1.165, 1.54) is 27.8 Å². The standard InChI is InChI=1S/C49H36N2O4/c50-35-9-17-39(18-10-35)54-43-25-21-41(22-26-43)52-37-13-5-32(6-14-37)46-29-30-47-45-4-2-1-3-34(45)31-48(47)49(46)33-7-15-38(16-8-33)53-42-23-27-44(28-24-42)55-40-19-11-36(51)12-20-40/h1-30H,31,50-51H2. The normalized spacial score (nSPS) is 11.3. The molecule has 0 saturated carbocycles. The zero-order valence-electron chi connectivity index (χ0n) is 29.8. The number of benzene rings is 8. The molecule has 6 nitrogen and oxygen atoms in total. The number of fused-ring (bicyclic) bond motifs is 3. The van der Waals surface area contributed by atoms with E-state index in [1.54, 1.807) is 0 Å². The third-order valence-electron chi connectivity index (χ3n) is 9.65. The van der Waals surface area contributed by atoms with Gasteiger partial charge in [0.15, 0.2) is 0 Å². The summed E-state index contributed by atoms with van der Waals surface area (Å²) in [6.45, 7) is 0. The predicted octanol–water partition coefficient (Wildman–Crippen LogP) is 12.9. The van der Waals surface area contributed by atoms with Crippen LogP contribution >= 0.6 is 0 Å². The molecule has 1 aliphatic rings. The topological polar surface area (TPSA) is 89.0 Å². The Morgan fingerprint density at radius 2 is 0.655 bits per heavy atom. The van der Waals surface area contributed by atoms with Crippen LogP contribution in [0.15, 0.2) is 182 Å². The predicted molar refractivity (Wildman–Crippen MR) is 220 cm³/mol. The smallest absolute Gasteiger partial charge is 0.127 e. The number of nitrogen functional groups attached to an aromatic ring is 2. The molecule has 0 aromatic heterocycles. The highest BCUT2D eigenvalue weighted by molar-refractivity contribution is 5.93. The number of ether oxygens (including phenoxy) is 4. The Morgan fingerprint density at radius 3 is 1.09 bits per heavy atom. The summed E-state index contributed by atoms with van der Waals surface area (Å²) in [5.41, 5.74) is 22.8. The molecule has 0 radical (unpaired) electrons. The molecule has 0 atom stereocenters. The van der Waals surface area contributed by atoms with E-state index in [2.05, 4.69) is 60.7 Å². The second-order valence-electron chi connectivity index (χ2n) is 13.4. The van der Waals surface area contributed by atoms with Crippen molar-refractivity contribution in [2.75, 3.05) is 11.5 Å². The average Bonchev–Trinajstić information content (AvgIpc) is 3.60. The van der Waals surface area contributed by atoms with Crippen LogP contribution in [0.3, 0.4) is 0 Å². The van der Waals surface area contributed by atoms with Crippen LogP contribution in [0.5, 0.6) is 46.0 Å². The van der Waals surface area contributed by atoms with Gasteiger partial charge in [-0.15, -0.1) is 0 Å². The molecular weight excluding hydrogens is 681 g/mol. The van der Waals surface area contributed by atoms with E-state index < -0.39 is 0 Å². The highest BCUT2D eigenvalue weighted by Gasteiger charge is 2.24. The maximum absolute atomic E-state index is 6.25. The van der Waals surface area contributed by atoms with Gasteiger partial charge in [0, 0.05) is 11.4 Å². The molecule has 0 fully saturated rings. The fraction of sp³-hybridized carbons (Fsp3) is 0.0204. The molecule has 8 aromatic rings. The van der Waals surface area contributed by atoms with Crippen molar-refractivity contribution in [3.63, 3.8) is 0 Å². The first-order chi connectivity index (χ1) is 27.0. The van der Waals surface area contributed by atoms with Gasteiger partial charge in [0.05, 0.1) is 0 Å². The van der Waals surface area contributed by atoms with Gasteiger partial charge < -0.3 is 30.4 Å². The molecule has 0 bridgehead atoms. The summed E-state index contributed by atoms with van der Waals surface area (Å²) in [5, 5.41) is 0. The van der Waals surface area contributed by atoms with E-state index in [9.17, 15) is 0 Å². The fourth-order valence-corrected chi connectivity index (χ4v) is 6.94. The third kappa shape index (κ3) is 7.30. The summed E-state index contributed by atoms with van der Waals surface area (Å²) >= 11 is 0. The van der Waals surface area contributed by atoms with Gasteiger partial charge in [-0.05, 0) is 172 Å². The van der Waals surface area contributed by atoms with E-state index in [1.807, 2.05) is 121 Å². The van der Waals surface area contributed by atoms with Crippen LogP contribution in [-0.2, 0) is 6.42 Å². The number of nitrogens with two attached hydrogens (primary N) is 2. The monoisotopic (exact) mass is 716 g/mol. The van der Waals surface area contributed by atoms with Crippen molar-refractivity contribution in [1.29, 1.82) is 0 Å². The van der Waals surface area contributed by atoms with Crippen LogP contribution in [0.1, 0.15) is 11.1 Å². The zero-order chi connectivity index (χ0) is 37.1. The number of rotatable bonds is 10. The largest absolute Gasteiger partial charge is 0.457 e. The molecule has 0 amide bonds. The van der Waals surface area contributed by atoms with Crippen molar-refractivity contribution in [1.82, 2.24) is 0 Å². The van der Waals surface area contributed by atoms with Gasteiger partial charge in [0.2, 0.25) is 0 Å². The van der Waals surface area contributed by atoms with Gasteiger partial charge in [-0.25, -0.2) is 0 Å². The molecule has 8 aromatic carbocycles. The van der Waals surface area contributed by atoms with E-state index in [-0.39, 0.29) is 0 Å². The van der Waals surface area contributed by atoms with Gasteiger partial charge in [0.1, 0.15) is 46.0 Å². The van der Waals surface area contributed by atoms with Crippen molar-refractivity contribution in [2.45, 2.75) is 6.42 Å². The van der Waals surface area contributed by atoms with Crippen LogP contribution in [0.25, 0.3) is 33.4 Å². The third-order valence-corrected chi connectivity index (χ3v) is 9.65. The molecule has 55 heavy (non-hydrogen) atoms. The quantitative estimate of drug-likeness (QED) is 0.137. The molecule has 4 N–H and O–H groups in total. The molecule has 9 rings (SSSR count). The maximum Gasteiger partial charge on any atom is 0.127 e. The van der Waals surface area contributed by atoms with Crippen molar-refractivity contribution >= 4 is 11.4 Å². The first-order valence-electron chi connectivity index (χ1n) is 18.1. The Labute approximate surface area is 319 Å². The number of hydrogen-bond acceptors (Lipinski definition) is 6. The molecule has 1 aliphatic carbocycles. The average molecular weight is 717 g/mol. The van der Waals surface area contributed by atoms with Gasteiger partial charge >= 0.3 is 0 Å². The van der Waals surface area contributed by atoms with E-state index >= 15 is 0 Å². The van der Waals surface area contributed by atoms with Crippen molar-refractivity contribution in [2.24, 2.45) is 0 Å². The molecule has 0 unspecified atom stereocenters. The summed E-state index contributed by atoms with van der Waals surface area (Å²) in [4.78, 5) is 0. The van der Waals surface area contributed by atoms with Crippen molar-refractivity contribution in [3.05, 3.63) is 193 Å². The van der Waals surface area contributed by atoms with Crippen LogP contribution < -0.4 is 30.4 Å². The van der Waals surface area contributed by atoms with Crippen LogP contribution in [0.2, 0.25) is 0 Å². The summed E-state index contributed by atoms with van der Waals surface area (Å²) < 4.78 is 24.4. The maximum atomic E-state index is 6.25. The Balaban J connectivity index is 0.946. The lowest BCUT2D eigenvalue weighted by atomic mass is 9.88.